The first kappa shape index (κ1) is 24.7. The lowest BCUT2D eigenvalue weighted by atomic mass is 10.1. The zero-order valence-corrected chi connectivity index (χ0v) is 20.2. The Balaban J connectivity index is 1.75. The largest absolute Gasteiger partial charge is 0.507 e. The summed E-state index contributed by atoms with van der Waals surface area (Å²) in [4.78, 5) is 39.7. The van der Waals surface area contributed by atoms with Crippen molar-refractivity contribution in [2.24, 2.45) is 0 Å². The van der Waals surface area contributed by atoms with E-state index in [1.54, 1.807) is 29.2 Å². The van der Waals surface area contributed by atoms with Gasteiger partial charge in [-0.3, -0.25) is 19.3 Å². The van der Waals surface area contributed by atoms with Crippen molar-refractivity contribution >= 4 is 33.7 Å². The Morgan fingerprint density at radius 1 is 1.15 bits per heavy atom. The number of benzene rings is 2. The van der Waals surface area contributed by atoms with Crippen molar-refractivity contribution in [3.8, 4) is 11.5 Å². The average molecular weight is 519 g/mol. The van der Waals surface area contributed by atoms with E-state index in [2.05, 4.69) is 15.9 Å². The lowest BCUT2D eigenvalue weighted by molar-refractivity contribution is -0.129. The number of amides is 3. The van der Waals surface area contributed by atoms with Crippen LogP contribution in [-0.4, -0.2) is 71.1 Å². The quantitative estimate of drug-likeness (QED) is 0.576. The second kappa shape index (κ2) is 11.3. The highest BCUT2D eigenvalue weighted by Crippen LogP contribution is 2.21. The molecule has 9 heteroatoms. The van der Waals surface area contributed by atoms with Crippen LogP contribution in [0.2, 0.25) is 0 Å². The van der Waals surface area contributed by atoms with Crippen LogP contribution in [0.3, 0.4) is 0 Å². The Morgan fingerprint density at radius 2 is 1.85 bits per heavy atom. The fraction of sp³-hybridized carbons (Fsp3) is 0.375. The summed E-state index contributed by atoms with van der Waals surface area (Å²) < 4.78 is 13.0. The predicted octanol–water partition coefficient (Wildman–Crippen LogP) is 3.23. The minimum absolute atomic E-state index is 0.000201. The zero-order valence-electron chi connectivity index (χ0n) is 18.6. The highest BCUT2D eigenvalue weighted by molar-refractivity contribution is 9.10. The Hall–Kier alpha value is -2.91. The molecule has 2 aromatic rings. The van der Waals surface area contributed by atoms with E-state index in [1.165, 1.54) is 26.0 Å². The molecule has 0 aromatic heterocycles. The van der Waals surface area contributed by atoms with E-state index in [4.69, 9.17) is 9.47 Å². The van der Waals surface area contributed by atoms with Crippen molar-refractivity contribution in [3.05, 3.63) is 58.6 Å². The number of hydrogen-bond acceptors (Lipinski definition) is 6. The van der Waals surface area contributed by atoms with Crippen LogP contribution in [0.1, 0.15) is 30.6 Å². The van der Waals surface area contributed by atoms with Gasteiger partial charge in [-0.1, -0.05) is 28.1 Å². The summed E-state index contributed by atoms with van der Waals surface area (Å²) in [6.45, 7) is 3.98. The molecule has 0 spiro atoms. The minimum Gasteiger partial charge on any atom is -0.507 e. The first-order valence-electron chi connectivity index (χ1n) is 10.6. The van der Waals surface area contributed by atoms with Gasteiger partial charge in [-0.05, 0) is 42.8 Å². The normalized spacial score (nSPS) is 16.3. The van der Waals surface area contributed by atoms with Crippen LogP contribution >= 0.6 is 15.9 Å². The smallest absolute Gasteiger partial charge is 0.264 e. The van der Waals surface area contributed by atoms with Crippen molar-refractivity contribution in [1.29, 1.82) is 0 Å². The molecule has 33 heavy (non-hydrogen) atoms. The van der Waals surface area contributed by atoms with E-state index in [0.29, 0.717) is 25.3 Å². The molecule has 3 amide bonds. The number of para-hydroxylation sites is 1. The van der Waals surface area contributed by atoms with Gasteiger partial charge in [0.25, 0.3) is 5.91 Å². The van der Waals surface area contributed by atoms with Crippen LogP contribution in [0.15, 0.2) is 53.0 Å². The van der Waals surface area contributed by atoms with Crippen LogP contribution in [0.5, 0.6) is 11.5 Å². The summed E-state index contributed by atoms with van der Waals surface area (Å²) in [5.41, 5.74) is 0.0314. The first-order valence-corrected chi connectivity index (χ1v) is 11.4. The molecule has 0 radical (unpaired) electrons. The Labute approximate surface area is 201 Å². The number of nitrogens with zero attached hydrogens (tertiary/aromatic N) is 2. The van der Waals surface area contributed by atoms with Gasteiger partial charge < -0.3 is 19.5 Å². The number of carbonyl (C=O) groups is 3. The number of likely N-dealkylation sites (tertiary alicyclic amines) is 1. The molecule has 8 nitrogen and oxygen atoms in total. The third kappa shape index (κ3) is 6.79. The van der Waals surface area contributed by atoms with Crippen molar-refractivity contribution in [2.75, 3.05) is 26.2 Å². The lowest BCUT2D eigenvalue weighted by Crippen LogP contribution is -2.44. The highest BCUT2D eigenvalue weighted by Gasteiger charge is 2.29. The summed E-state index contributed by atoms with van der Waals surface area (Å²) in [6, 6.07) is 13.3. The summed E-state index contributed by atoms with van der Waals surface area (Å²) in [5.74, 6) is -0.738. The van der Waals surface area contributed by atoms with Gasteiger partial charge in [-0.2, -0.15) is 0 Å². The Morgan fingerprint density at radius 3 is 2.45 bits per heavy atom. The van der Waals surface area contributed by atoms with Gasteiger partial charge in [0, 0.05) is 31.4 Å². The fourth-order valence-electron chi connectivity index (χ4n) is 3.58. The maximum atomic E-state index is 13.0. The number of rotatable bonds is 8. The predicted molar refractivity (Wildman–Crippen MR) is 125 cm³/mol. The second-order valence-corrected chi connectivity index (χ2v) is 8.77. The molecular formula is C24H27BrN2O6. The molecule has 1 aliphatic rings. The fourth-order valence-corrected chi connectivity index (χ4v) is 3.85. The Kier molecular flexibility index (Phi) is 8.46. The molecular weight excluding hydrogens is 492 g/mol. The molecule has 0 aliphatic carbocycles. The maximum absolute atomic E-state index is 13.0. The van der Waals surface area contributed by atoms with Crippen LogP contribution in [0.4, 0.5) is 0 Å². The average Bonchev–Trinajstić information content (AvgIpc) is 3.26. The first-order chi connectivity index (χ1) is 15.7. The number of hydrogen-bond donors (Lipinski definition) is 1. The van der Waals surface area contributed by atoms with Crippen molar-refractivity contribution in [3.63, 3.8) is 0 Å². The molecule has 1 N–H and O–H groups in total. The van der Waals surface area contributed by atoms with Crippen LogP contribution in [0.25, 0.3) is 0 Å². The van der Waals surface area contributed by atoms with Gasteiger partial charge in [0.2, 0.25) is 11.8 Å². The second-order valence-electron chi connectivity index (χ2n) is 7.85. The molecule has 2 atom stereocenters. The molecule has 0 saturated carbocycles. The van der Waals surface area contributed by atoms with Crippen LogP contribution in [-0.2, 0) is 14.3 Å². The number of halogens is 1. The van der Waals surface area contributed by atoms with Gasteiger partial charge in [0.05, 0.1) is 24.8 Å². The lowest BCUT2D eigenvalue weighted by Gasteiger charge is -2.27. The molecule has 176 valence electrons. The number of aromatic hydroxyl groups is 1. The third-order valence-corrected chi connectivity index (χ3v) is 5.90. The molecule has 1 aliphatic heterocycles. The van der Waals surface area contributed by atoms with Gasteiger partial charge in [0.1, 0.15) is 17.6 Å². The molecule has 3 rings (SSSR count). The summed E-state index contributed by atoms with van der Waals surface area (Å²) in [6.07, 6.45) is -0.0986. The molecule has 0 unspecified atom stereocenters. The molecule has 1 heterocycles. The van der Waals surface area contributed by atoms with Gasteiger partial charge in [-0.15, -0.1) is 0 Å². The van der Waals surface area contributed by atoms with Crippen molar-refractivity contribution < 1.29 is 29.0 Å². The van der Waals surface area contributed by atoms with E-state index in [9.17, 15) is 19.5 Å². The number of ether oxygens (including phenoxy) is 2. The van der Waals surface area contributed by atoms with Gasteiger partial charge in [0.15, 0.2) is 0 Å². The molecule has 2 aromatic carbocycles. The van der Waals surface area contributed by atoms with Crippen molar-refractivity contribution in [2.45, 2.75) is 32.5 Å². The summed E-state index contributed by atoms with van der Waals surface area (Å²) >= 11 is 3.38. The monoisotopic (exact) mass is 518 g/mol. The molecule has 0 bridgehead atoms. The number of phenolic OH excluding ortho intramolecular Hbond substituents is 1. The number of imide groups is 1. The molecule has 1 saturated heterocycles. The van der Waals surface area contributed by atoms with E-state index in [1.807, 2.05) is 12.1 Å². The van der Waals surface area contributed by atoms with Gasteiger partial charge in [-0.25, -0.2) is 0 Å². The topological polar surface area (TPSA) is 96.4 Å². The maximum Gasteiger partial charge on any atom is 0.264 e. The van der Waals surface area contributed by atoms with Crippen molar-refractivity contribution in [1.82, 2.24) is 9.80 Å². The van der Waals surface area contributed by atoms with E-state index >= 15 is 0 Å². The molecule has 1 fully saturated rings. The highest BCUT2D eigenvalue weighted by atomic mass is 79.9. The number of phenols is 1. The third-order valence-electron chi connectivity index (χ3n) is 5.37. The van der Waals surface area contributed by atoms with E-state index in [0.717, 1.165) is 9.37 Å². The van der Waals surface area contributed by atoms with E-state index < -0.39 is 17.9 Å². The zero-order chi connectivity index (χ0) is 24.0. The summed E-state index contributed by atoms with van der Waals surface area (Å²) in [5, 5.41) is 10.1. The van der Waals surface area contributed by atoms with Gasteiger partial charge >= 0.3 is 0 Å². The van der Waals surface area contributed by atoms with Crippen LogP contribution < -0.4 is 4.74 Å². The minimum atomic E-state index is -0.656. The summed E-state index contributed by atoms with van der Waals surface area (Å²) in [7, 11) is 0. The Bertz CT molecular complexity index is 997. The standard InChI is InChI=1S/C24H27BrN2O6/c1-16(28)26-12-11-20(13-26)32-15-21(33-19-9-7-18(25)8-10-19)14-27(17(2)29)24(31)22-5-3-4-6-23(22)30/h3-10,20-21,30H,11-15H2,1-2H3/t20-,21-/m0/s1. The SMILES string of the molecule is CC(=O)N1CC[C@H](OC[C@H](CN(C(C)=O)C(=O)c2ccccc2O)Oc2ccc(Br)cc2)C1. The van der Waals surface area contributed by atoms with E-state index in [-0.39, 0.29) is 36.5 Å². The van der Waals surface area contributed by atoms with Crippen LogP contribution in [0, 0.1) is 0 Å². The number of carbonyl (C=O) groups excluding carboxylic acids is 3.